The number of ether oxygens (including phenoxy) is 1. The number of anilines is 1. The van der Waals surface area contributed by atoms with Gasteiger partial charge >= 0.3 is 5.97 Å². The Balaban J connectivity index is 2.31. The molecule has 0 aromatic carbocycles. The molecule has 0 unspecified atom stereocenters. The molecular weight excluding hydrogens is 260 g/mol. The van der Waals surface area contributed by atoms with Crippen LogP contribution < -0.4 is 10.6 Å². The molecule has 0 aliphatic carbocycles. The maximum absolute atomic E-state index is 11.5. The number of carbonyl (C=O) groups is 2. The van der Waals surface area contributed by atoms with Crippen LogP contribution >= 0.6 is 0 Å². The molecule has 7 heteroatoms. The first-order chi connectivity index (χ1) is 9.67. The van der Waals surface area contributed by atoms with Gasteiger partial charge in [0.2, 0.25) is 0 Å². The van der Waals surface area contributed by atoms with Crippen molar-refractivity contribution in [2.45, 2.75) is 26.7 Å². The van der Waals surface area contributed by atoms with Gasteiger partial charge in [0.1, 0.15) is 5.82 Å². The van der Waals surface area contributed by atoms with Gasteiger partial charge in [0.15, 0.2) is 5.69 Å². The Bertz CT molecular complexity index is 434. The van der Waals surface area contributed by atoms with E-state index in [2.05, 4.69) is 20.8 Å². The summed E-state index contributed by atoms with van der Waals surface area (Å²) < 4.78 is 4.82. The number of rotatable bonds is 8. The Hall–Kier alpha value is -2.18. The first kappa shape index (κ1) is 15.9. The number of amides is 1. The van der Waals surface area contributed by atoms with E-state index in [1.54, 1.807) is 19.1 Å². The van der Waals surface area contributed by atoms with Crippen molar-refractivity contribution in [1.82, 2.24) is 15.5 Å². The van der Waals surface area contributed by atoms with E-state index in [0.29, 0.717) is 38.4 Å². The summed E-state index contributed by atoms with van der Waals surface area (Å²) in [6.45, 7) is 5.16. The summed E-state index contributed by atoms with van der Waals surface area (Å²) in [4.78, 5) is 22.6. The molecule has 0 fully saturated rings. The molecule has 0 radical (unpaired) electrons. The highest BCUT2D eigenvalue weighted by Crippen LogP contribution is 2.03. The monoisotopic (exact) mass is 280 g/mol. The fourth-order valence-corrected chi connectivity index (χ4v) is 1.48. The molecule has 1 aromatic heterocycles. The largest absolute Gasteiger partial charge is 0.466 e. The summed E-state index contributed by atoms with van der Waals surface area (Å²) in [5, 5.41) is 13.4. The normalized spacial score (nSPS) is 9.90. The van der Waals surface area contributed by atoms with Crippen LogP contribution in [0.1, 0.15) is 37.2 Å². The number of hydrogen-bond donors (Lipinski definition) is 2. The number of carbonyl (C=O) groups excluding carboxylic acids is 2. The molecule has 0 aliphatic heterocycles. The second-order valence-corrected chi connectivity index (χ2v) is 4.00. The lowest BCUT2D eigenvalue weighted by Crippen LogP contribution is -2.24. The van der Waals surface area contributed by atoms with Crippen molar-refractivity contribution in [3.63, 3.8) is 0 Å². The highest BCUT2D eigenvalue weighted by atomic mass is 16.5. The van der Waals surface area contributed by atoms with Gasteiger partial charge < -0.3 is 15.4 Å². The van der Waals surface area contributed by atoms with Crippen molar-refractivity contribution < 1.29 is 14.3 Å². The van der Waals surface area contributed by atoms with Crippen molar-refractivity contribution in [3.05, 3.63) is 17.8 Å². The predicted molar refractivity (Wildman–Crippen MR) is 74.4 cm³/mol. The third-order valence-corrected chi connectivity index (χ3v) is 2.40. The van der Waals surface area contributed by atoms with Gasteiger partial charge in [-0.05, 0) is 32.4 Å². The topological polar surface area (TPSA) is 93.2 Å². The third kappa shape index (κ3) is 5.64. The summed E-state index contributed by atoms with van der Waals surface area (Å²) in [7, 11) is 0. The molecule has 2 N–H and O–H groups in total. The first-order valence-corrected chi connectivity index (χ1v) is 6.68. The Morgan fingerprint density at radius 3 is 2.65 bits per heavy atom. The zero-order chi connectivity index (χ0) is 14.8. The quantitative estimate of drug-likeness (QED) is 0.544. The van der Waals surface area contributed by atoms with E-state index in [1.165, 1.54) is 0 Å². The minimum absolute atomic E-state index is 0.202. The van der Waals surface area contributed by atoms with Gasteiger partial charge in [0.25, 0.3) is 5.91 Å². The van der Waals surface area contributed by atoms with Gasteiger partial charge in [0.05, 0.1) is 6.61 Å². The molecule has 110 valence electrons. The van der Waals surface area contributed by atoms with E-state index >= 15 is 0 Å². The molecule has 0 spiro atoms. The number of hydrogen-bond acceptors (Lipinski definition) is 6. The number of aromatic nitrogens is 2. The second kappa shape index (κ2) is 8.84. The smallest absolute Gasteiger partial charge is 0.305 e. The van der Waals surface area contributed by atoms with Crippen molar-refractivity contribution in [1.29, 1.82) is 0 Å². The number of nitrogens with one attached hydrogen (secondary N) is 2. The van der Waals surface area contributed by atoms with Crippen LogP contribution in [0.5, 0.6) is 0 Å². The van der Waals surface area contributed by atoms with E-state index < -0.39 is 0 Å². The zero-order valence-corrected chi connectivity index (χ0v) is 11.8. The molecule has 0 atom stereocenters. The molecule has 0 bridgehead atoms. The van der Waals surface area contributed by atoms with Crippen LogP contribution in [0.3, 0.4) is 0 Å². The molecular formula is C13H20N4O3. The van der Waals surface area contributed by atoms with E-state index in [9.17, 15) is 9.59 Å². The minimum atomic E-state index is -0.242. The number of esters is 1. The Morgan fingerprint density at radius 2 is 2.05 bits per heavy atom. The summed E-state index contributed by atoms with van der Waals surface area (Å²) >= 11 is 0. The van der Waals surface area contributed by atoms with Crippen molar-refractivity contribution in [3.8, 4) is 0 Å². The van der Waals surface area contributed by atoms with Gasteiger partial charge in [0, 0.05) is 19.5 Å². The minimum Gasteiger partial charge on any atom is -0.466 e. The van der Waals surface area contributed by atoms with Crippen LogP contribution in [0.15, 0.2) is 12.1 Å². The lowest BCUT2D eigenvalue weighted by Gasteiger charge is -2.05. The van der Waals surface area contributed by atoms with Crippen molar-refractivity contribution >= 4 is 17.7 Å². The fourth-order valence-electron chi connectivity index (χ4n) is 1.48. The van der Waals surface area contributed by atoms with Crippen molar-refractivity contribution in [2.24, 2.45) is 0 Å². The third-order valence-electron chi connectivity index (χ3n) is 2.40. The van der Waals surface area contributed by atoms with Crippen LogP contribution in [-0.4, -0.2) is 41.8 Å². The lowest BCUT2D eigenvalue weighted by atomic mass is 10.3. The lowest BCUT2D eigenvalue weighted by molar-refractivity contribution is -0.143. The molecule has 1 aromatic rings. The second-order valence-electron chi connectivity index (χ2n) is 4.00. The van der Waals surface area contributed by atoms with Gasteiger partial charge in [-0.1, -0.05) is 0 Å². The molecule has 1 rings (SSSR count). The molecule has 0 aliphatic rings. The Labute approximate surface area is 118 Å². The maximum Gasteiger partial charge on any atom is 0.305 e. The predicted octanol–water partition coefficient (Wildman–Crippen LogP) is 0.981. The summed E-state index contributed by atoms with van der Waals surface area (Å²) in [5.74, 6) is 0.128. The highest BCUT2D eigenvalue weighted by Gasteiger charge is 2.06. The molecule has 7 nitrogen and oxygen atoms in total. The van der Waals surface area contributed by atoms with E-state index in [1.807, 2.05) is 6.92 Å². The molecule has 1 heterocycles. The van der Waals surface area contributed by atoms with Gasteiger partial charge in [-0.15, -0.1) is 10.2 Å². The summed E-state index contributed by atoms with van der Waals surface area (Å²) in [5.41, 5.74) is 0.281. The summed E-state index contributed by atoms with van der Waals surface area (Å²) in [6, 6.07) is 3.29. The van der Waals surface area contributed by atoms with Gasteiger partial charge in [-0.25, -0.2) is 0 Å². The van der Waals surface area contributed by atoms with Gasteiger partial charge in [-0.2, -0.15) is 0 Å². The van der Waals surface area contributed by atoms with Crippen LogP contribution in [0.4, 0.5) is 5.82 Å². The molecule has 20 heavy (non-hydrogen) atoms. The van der Waals surface area contributed by atoms with Crippen LogP contribution in [0.2, 0.25) is 0 Å². The number of nitrogens with zero attached hydrogens (tertiary/aromatic N) is 2. The zero-order valence-electron chi connectivity index (χ0n) is 11.8. The fraction of sp³-hybridized carbons (Fsp3) is 0.538. The molecule has 0 saturated carbocycles. The van der Waals surface area contributed by atoms with E-state index in [4.69, 9.17) is 4.74 Å². The van der Waals surface area contributed by atoms with Crippen molar-refractivity contribution in [2.75, 3.05) is 25.0 Å². The highest BCUT2D eigenvalue weighted by molar-refractivity contribution is 5.92. The Morgan fingerprint density at radius 1 is 1.25 bits per heavy atom. The van der Waals surface area contributed by atoms with Crippen LogP contribution in [0.25, 0.3) is 0 Å². The average molecular weight is 280 g/mol. The summed E-state index contributed by atoms with van der Waals surface area (Å²) in [6.07, 6.45) is 1.02. The van der Waals surface area contributed by atoms with Crippen LogP contribution in [0, 0.1) is 0 Å². The first-order valence-electron chi connectivity index (χ1n) is 6.68. The van der Waals surface area contributed by atoms with E-state index in [0.717, 1.165) is 0 Å². The molecule has 1 amide bonds. The Kier molecular flexibility index (Phi) is 7.02. The van der Waals surface area contributed by atoms with Crippen LogP contribution in [-0.2, 0) is 9.53 Å². The van der Waals surface area contributed by atoms with E-state index in [-0.39, 0.29) is 17.6 Å². The molecule has 0 saturated heterocycles. The standard InChI is InChI=1S/C13H20N4O3/c1-3-14-13(19)10-7-8-11(17-16-10)15-9-5-6-12(18)20-4-2/h7-8H,3-6,9H2,1-2H3,(H,14,19)(H,15,17). The maximum atomic E-state index is 11.5. The average Bonchev–Trinajstić information content (AvgIpc) is 2.45. The van der Waals surface area contributed by atoms with Gasteiger partial charge in [-0.3, -0.25) is 9.59 Å². The SMILES string of the molecule is CCNC(=O)c1ccc(NCCCC(=O)OCC)nn1.